The van der Waals surface area contributed by atoms with Gasteiger partial charge in [0.15, 0.2) is 5.78 Å². The fraction of sp³-hybridized carbons (Fsp3) is 0.100. The van der Waals surface area contributed by atoms with Gasteiger partial charge in [-0.05, 0) is 35.9 Å². The van der Waals surface area contributed by atoms with Crippen LogP contribution >= 0.6 is 11.3 Å². The summed E-state index contributed by atoms with van der Waals surface area (Å²) in [7, 11) is 2.98. The summed E-state index contributed by atoms with van der Waals surface area (Å²) >= 11 is 1.11. The number of rotatable bonds is 6. The number of aromatic nitrogens is 1. The largest absolute Gasteiger partial charge is 0.497 e. The smallest absolute Gasteiger partial charge is 0.269 e. The number of nitrogens with one attached hydrogen (secondary N) is 1. The first-order chi connectivity index (χ1) is 13.9. The Hall–Kier alpha value is -3.72. The average molecular weight is 412 g/mol. The number of carbonyl (C=O) groups is 1. The Labute approximate surface area is 168 Å². The lowest BCUT2D eigenvalue weighted by Gasteiger charge is -2.06. The summed E-state index contributed by atoms with van der Waals surface area (Å²) in [5.41, 5.74) is 0.612. The second-order valence-electron chi connectivity index (χ2n) is 5.89. The highest BCUT2D eigenvalue weighted by molar-refractivity contribution is 7.07. The number of ketones is 1. The standard InChI is InChI=1S/C20H16N2O6S/c1-27-15-8-13(9-16(10-15)28-2)17(23)11-19-21-20(24)18(29-19)7-12-3-5-14(6-4-12)22(25)26/h3-11H,1-2H3,(H,21,24)/b18-7-,19-11-. The van der Waals surface area contributed by atoms with Gasteiger partial charge < -0.3 is 14.5 Å². The number of aromatic amines is 1. The molecule has 3 aromatic rings. The zero-order valence-electron chi connectivity index (χ0n) is 15.5. The van der Waals surface area contributed by atoms with Crippen molar-refractivity contribution in [3.05, 3.63) is 83.3 Å². The maximum Gasteiger partial charge on any atom is 0.269 e. The first-order valence-electron chi connectivity index (χ1n) is 8.34. The fourth-order valence-corrected chi connectivity index (χ4v) is 3.41. The molecule has 0 aliphatic heterocycles. The van der Waals surface area contributed by atoms with Crippen LogP contribution in [0, 0.1) is 10.1 Å². The molecule has 0 fully saturated rings. The van der Waals surface area contributed by atoms with Crippen molar-refractivity contribution < 1.29 is 19.2 Å². The van der Waals surface area contributed by atoms with Crippen molar-refractivity contribution in [3.63, 3.8) is 0 Å². The molecular formula is C20H16N2O6S. The second-order valence-corrected chi connectivity index (χ2v) is 6.97. The van der Waals surface area contributed by atoms with Crippen molar-refractivity contribution in [3.8, 4) is 11.5 Å². The minimum absolute atomic E-state index is 0.0319. The maximum atomic E-state index is 12.6. The zero-order chi connectivity index (χ0) is 21.0. The summed E-state index contributed by atoms with van der Waals surface area (Å²) in [6, 6.07) is 10.6. The molecule has 8 nitrogen and oxygen atoms in total. The Morgan fingerprint density at radius 3 is 2.28 bits per heavy atom. The molecule has 0 spiro atoms. The first kappa shape index (κ1) is 20.0. The third-order valence-electron chi connectivity index (χ3n) is 3.98. The number of non-ortho nitro benzene ring substituents is 1. The maximum absolute atomic E-state index is 12.6. The molecule has 0 radical (unpaired) electrons. The van der Waals surface area contributed by atoms with Crippen LogP contribution in [0.4, 0.5) is 5.69 Å². The molecule has 0 aliphatic carbocycles. The molecule has 0 saturated heterocycles. The summed E-state index contributed by atoms with van der Waals surface area (Å²) < 4.78 is 11.1. The quantitative estimate of drug-likeness (QED) is 0.376. The number of Topliss-reactive ketones (excluding diaryl/α,β-unsaturated/α-hetero) is 1. The highest BCUT2D eigenvalue weighted by Gasteiger charge is 2.09. The van der Waals surface area contributed by atoms with Gasteiger partial charge in [-0.3, -0.25) is 19.7 Å². The van der Waals surface area contributed by atoms with Gasteiger partial charge in [0.1, 0.15) is 11.5 Å². The average Bonchev–Trinajstić information content (AvgIpc) is 3.06. The topological polar surface area (TPSA) is 112 Å². The second kappa shape index (κ2) is 8.53. The summed E-state index contributed by atoms with van der Waals surface area (Å²) in [5, 5.41) is 10.7. The van der Waals surface area contributed by atoms with Crippen molar-refractivity contribution >= 4 is 35.0 Å². The Bertz CT molecular complexity index is 1220. The number of hydrogen-bond acceptors (Lipinski definition) is 7. The SMILES string of the molecule is COc1cc(OC)cc(C(=O)/C=c2/[nH]c(=O)/c(=C/c3ccc([N+](=O)[O-])cc3)s2)c1. The van der Waals surface area contributed by atoms with Crippen LogP contribution in [0.25, 0.3) is 12.2 Å². The molecule has 0 atom stereocenters. The minimum atomic E-state index is -0.492. The van der Waals surface area contributed by atoms with Gasteiger partial charge in [0.2, 0.25) is 0 Å². The van der Waals surface area contributed by atoms with E-state index in [4.69, 9.17) is 9.47 Å². The normalized spacial score (nSPS) is 12.1. The van der Waals surface area contributed by atoms with Crippen LogP contribution in [-0.4, -0.2) is 29.9 Å². The molecular weight excluding hydrogens is 396 g/mol. The zero-order valence-corrected chi connectivity index (χ0v) is 16.3. The number of nitro benzene ring substituents is 1. The lowest BCUT2D eigenvalue weighted by Crippen LogP contribution is -2.20. The summed E-state index contributed by atoms with van der Waals surface area (Å²) in [5.74, 6) is 0.641. The number of carbonyl (C=O) groups excluding carboxylic acids is 1. The molecule has 1 heterocycles. The molecule has 0 saturated carbocycles. The van der Waals surface area contributed by atoms with Crippen molar-refractivity contribution in [1.29, 1.82) is 0 Å². The van der Waals surface area contributed by atoms with Crippen molar-refractivity contribution in [1.82, 2.24) is 4.98 Å². The number of nitrogens with zero attached hydrogens (tertiary/aromatic N) is 1. The molecule has 148 valence electrons. The Morgan fingerprint density at radius 1 is 1.10 bits per heavy atom. The van der Waals surface area contributed by atoms with Crippen LogP contribution in [0.2, 0.25) is 0 Å². The van der Waals surface area contributed by atoms with Crippen molar-refractivity contribution in [2.45, 2.75) is 0 Å². The molecule has 3 rings (SSSR count). The van der Waals surface area contributed by atoms with Gasteiger partial charge in [-0.25, -0.2) is 0 Å². The lowest BCUT2D eigenvalue weighted by molar-refractivity contribution is -0.384. The van der Waals surface area contributed by atoms with Crippen LogP contribution in [0.1, 0.15) is 15.9 Å². The van der Waals surface area contributed by atoms with Gasteiger partial charge in [0.05, 0.1) is 28.3 Å². The Balaban J connectivity index is 1.95. The monoisotopic (exact) mass is 412 g/mol. The van der Waals surface area contributed by atoms with Gasteiger partial charge in [-0.2, -0.15) is 0 Å². The van der Waals surface area contributed by atoms with E-state index in [0.29, 0.717) is 31.8 Å². The van der Waals surface area contributed by atoms with E-state index in [1.807, 2.05) is 0 Å². The van der Waals surface area contributed by atoms with Crippen molar-refractivity contribution in [2.75, 3.05) is 14.2 Å². The Kier molecular flexibility index (Phi) is 5.89. The number of nitro groups is 1. The number of ether oxygens (including phenoxy) is 2. The van der Waals surface area contributed by atoms with Gasteiger partial charge in [0, 0.05) is 29.8 Å². The molecule has 0 aliphatic rings. The van der Waals surface area contributed by atoms with Crippen LogP contribution in [-0.2, 0) is 0 Å². The highest BCUT2D eigenvalue weighted by Crippen LogP contribution is 2.23. The van der Waals surface area contributed by atoms with E-state index in [-0.39, 0.29) is 17.0 Å². The molecule has 1 N–H and O–H groups in total. The highest BCUT2D eigenvalue weighted by atomic mass is 32.1. The van der Waals surface area contributed by atoms with E-state index in [9.17, 15) is 19.7 Å². The number of methoxy groups -OCH3 is 2. The first-order valence-corrected chi connectivity index (χ1v) is 9.15. The molecule has 29 heavy (non-hydrogen) atoms. The van der Waals surface area contributed by atoms with E-state index in [1.165, 1.54) is 32.4 Å². The third kappa shape index (κ3) is 4.77. The number of benzene rings is 2. The molecule has 9 heteroatoms. The van der Waals surface area contributed by atoms with Crippen LogP contribution in [0.5, 0.6) is 11.5 Å². The summed E-state index contributed by atoms with van der Waals surface area (Å²) in [4.78, 5) is 37.6. The number of H-pyrrole nitrogens is 1. The molecule has 2 aromatic carbocycles. The molecule has 1 aromatic heterocycles. The van der Waals surface area contributed by atoms with E-state index in [2.05, 4.69) is 4.98 Å². The van der Waals surface area contributed by atoms with E-state index < -0.39 is 4.92 Å². The van der Waals surface area contributed by atoms with Gasteiger partial charge >= 0.3 is 0 Å². The fourth-order valence-electron chi connectivity index (χ4n) is 2.52. The van der Waals surface area contributed by atoms with E-state index in [0.717, 1.165) is 11.3 Å². The predicted molar refractivity (Wildman–Crippen MR) is 109 cm³/mol. The number of hydrogen-bond donors (Lipinski definition) is 1. The van der Waals surface area contributed by atoms with Crippen LogP contribution < -0.4 is 24.2 Å². The molecule has 0 amide bonds. The summed E-state index contributed by atoms with van der Waals surface area (Å²) in [6.07, 6.45) is 2.93. The number of thiazole rings is 1. The van der Waals surface area contributed by atoms with Gasteiger partial charge in [-0.1, -0.05) is 0 Å². The molecule has 0 unspecified atom stereocenters. The van der Waals surface area contributed by atoms with Crippen molar-refractivity contribution in [2.24, 2.45) is 0 Å². The van der Waals surface area contributed by atoms with Crippen LogP contribution in [0.3, 0.4) is 0 Å². The summed E-state index contributed by atoms with van der Waals surface area (Å²) in [6.45, 7) is 0. The van der Waals surface area contributed by atoms with Gasteiger partial charge in [-0.15, -0.1) is 11.3 Å². The van der Waals surface area contributed by atoms with Crippen LogP contribution in [0.15, 0.2) is 47.3 Å². The Morgan fingerprint density at radius 2 is 1.72 bits per heavy atom. The van der Waals surface area contributed by atoms with E-state index in [1.54, 1.807) is 36.4 Å². The lowest BCUT2D eigenvalue weighted by atomic mass is 10.1. The molecule has 0 bridgehead atoms. The van der Waals surface area contributed by atoms with Gasteiger partial charge in [0.25, 0.3) is 11.2 Å². The van der Waals surface area contributed by atoms with E-state index >= 15 is 0 Å². The third-order valence-corrected chi connectivity index (χ3v) is 4.94. The predicted octanol–water partition coefficient (Wildman–Crippen LogP) is 1.85. The minimum Gasteiger partial charge on any atom is -0.497 e.